The molecular weight excluding hydrogens is 410 g/mol. The molecule has 1 N–H and O–H groups in total. The molecule has 2 aromatic rings. The first-order valence-electron chi connectivity index (χ1n) is 9.73. The molecule has 0 aliphatic carbocycles. The van der Waals surface area contributed by atoms with Gasteiger partial charge in [0.25, 0.3) is 0 Å². The molecule has 2 aliphatic heterocycles. The van der Waals surface area contributed by atoms with Crippen LogP contribution in [0.4, 0.5) is 0 Å². The number of hydrogen-bond acceptors (Lipinski definition) is 6. The molecule has 0 unspecified atom stereocenters. The van der Waals surface area contributed by atoms with Crippen LogP contribution in [0.1, 0.15) is 16.0 Å². The standard InChI is InChI=1S/C20H25N3O4S2/c24-20(15-22-7-5-19-17(14-22)6-12-28-19)21-13-16-1-3-18(4-2-16)29(25,26)23-8-10-27-11-9-23/h1-4,6,12H,5,7-11,13-15H2,(H,21,24). The summed E-state index contributed by atoms with van der Waals surface area (Å²) in [6.45, 7) is 4.08. The molecule has 3 heterocycles. The van der Waals surface area contributed by atoms with Crippen LogP contribution in [0.25, 0.3) is 0 Å². The van der Waals surface area contributed by atoms with Gasteiger partial charge in [-0.05, 0) is 41.1 Å². The number of carbonyl (C=O) groups excluding carboxylic acids is 1. The van der Waals surface area contributed by atoms with E-state index in [9.17, 15) is 13.2 Å². The van der Waals surface area contributed by atoms with Crippen LogP contribution >= 0.6 is 11.3 Å². The van der Waals surface area contributed by atoms with E-state index < -0.39 is 10.0 Å². The summed E-state index contributed by atoms with van der Waals surface area (Å²) in [5.74, 6) is -0.0197. The molecule has 29 heavy (non-hydrogen) atoms. The zero-order valence-corrected chi connectivity index (χ0v) is 17.8. The lowest BCUT2D eigenvalue weighted by atomic mass is 10.1. The Labute approximate surface area is 175 Å². The van der Waals surface area contributed by atoms with Crippen molar-refractivity contribution < 1.29 is 17.9 Å². The maximum absolute atomic E-state index is 12.6. The van der Waals surface area contributed by atoms with Crippen molar-refractivity contribution in [2.45, 2.75) is 24.4 Å². The van der Waals surface area contributed by atoms with Gasteiger partial charge >= 0.3 is 0 Å². The van der Waals surface area contributed by atoms with Crippen molar-refractivity contribution in [1.82, 2.24) is 14.5 Å². The highest BCUT2D eigenvalue weighted by atomic mass is 32.2. The highest BCUT2D eigenvalue weighted by molar-refractivity contribution is 7.89. The molecule has 4 rings (SSSR count). The van der Waals surface area contributed by atoms with E-state index in [1.165, 1.54) is 14.7 Å². The van der Waals surface area contributed by atoms with E-state index in [4.69, 9.17) is 4.74 Å². The van der Waals surface area contributed by atoms with E-state index >= 15 is 0 Å². The first-order chi connectivity index (χ1) is 14.0. The number of thiophene rings is 1. The number of carbonyl (C=O) groups is 1. The third-order valence-corrected chi connectivity index (χ3v) is 8.21. The summed E-state index contributed by atoms with van der Waals surface area (Å²) in [4.78, 5) is 16.2. The molecule has 9 heteroatoms. The van der Waals surface area contributed by atoms with E-state index in [2.05, 4.69) is 21.7 Å². The topological polar surface area (TPSA) is 79.0 Å². The minimum atomic E-state index is -3.49. The van der Waals surface area contributed by atoms with Gasteiger partial charge in [0.05, 0.1) is 24.7 Å². The van der Waals surface area contributed by atoms with Gasteiger partial charge in [-0.15, -0.1) is 11.3 Å². The van der Waals surface area contributed by atoms with Gasteiger partial charge in [-0.3, -0.25) is 9.69 Å². The Morgan fingerprint density at radius 1 is 1.10 bits per heavy atom. The van der Waals surface area contributed by atoms with E-state index in [-0.39, 0.29) is 10.8 Å². The molecule has 7 nitrogen and oxygen atoms in total. The second kappa shape index (κ2) is 8.93. The van der Waals surface area contributed by atoms with Crippen molar-refractivity contribution >= 4 is 27.3 Å². The fourth-order valence-electron chi connectivity index (χ4n) is 3.62. The highest BCUT2D eigenvalue weighted by Gasteiger charge is 2.26. The number of nitrogens with zero attached hydrogens (tertiary/aromatic N) is 2. The molecule has 0 bridgehead atoms. The van der Waals surface area contributed by atoms with Crippen molar-refractivity contribution in [2.24, 2.45) is 0 Å². The predicted octanol–water partition coefficient (Wildman–Crippen LogP) is 1.44. The second-order valence-electron chi connectivity index (χ2n) is 7.27. The Morgan fingerprint density at radius 2 is 1.86 bits per heavy atom. The van der Waals surface area contributed by atoms with Gasteiger partial charge < -0.3 is 10.1 Å². The summed E-state index contributed by atoms with van der Waals surface area (Å²) in [6, 6.07) is 8.86. The van der Waals surface area contributed by atoms with Crippen LogP contribution < -0.4 is 5.32 Å². The fraction of sp³-hybridized carbons (Fsp3) is 0.450. The van der Waals surface area contributed by atoms with E-state index in [1.54, 1.807) is 35.6 Å². The number of nitrogens with one attached hydrogen (secondary N) is 1. The average Bonchev–Trinajstić information content (AvgIpc) is 3.21. The fourth-order valence-corrected chi connectivity index (χ4v) is 5.91. The molecule has 0 radical (unpaired) electrons. The monoisotopic (exact) mass is 435 g/mol. The lowest BCUT2D eigenvalue weighted by Gasteiger charge is -2.26. The Morgan fingerprint density at radius 3 is 2.62 bits per heavy atom. The Bertz CT molecular complexity index is 950. The van der Waals surface area contributed by atoms with Gasteiger partial charge in [-0.2, -0.15) is 4.31 Å². The highest BCUT2D eigenvalue weighted by Crippen LogP contribution is 2.23. The number of sulfonamides is 1. The molecule has 1 aromatic heterocycles. The first kappa shape index (κ1) is 20.5. The third-order valence-electron chi connectivity index (χ3n) is 5.27. The normalized spacial score (nSPS) is 18.3. The van der Waals surface area contributed by atoms with Crippen LogP contribution in [0.5, 0.6) is 0 Å². The van der Waals surface area contributed by atoms with Crippen LogP contribution in [0, 0.1) is 0 Å². The number of ether oxygens (including phenoxy) is 1. The summed E-state index contributed by atoms with van der Waals surface area (Å²) < 4.78 is 32.0. The Hall–Kier alpha value is -1.78. The Balaban J connectivity index is 1.28. The minimum absolute atomic E-state index is 0.0197. The maximum Gasteiger partial charge on any atom is 0.243 e. The predicted molar refractivity (Wildman–Crippen MR) is 111 cm³/mol. The first-order valence-corrected chi connectivity index (χ1v) is 12.1. The van der Waals surface area contributed by atoms with Crippen molar-refractivity contribution in [3.8, 4) is 0 Å². The number of amides is 1. The third kappa shape index (κ3) is 4.87. The van der Waals surface area contributed by atoms with Crippen molar-refractivity contribution in [1.29, 1.82) is 0 Å². The smallest absolute Gasteiger partial charge is 0.243 e. The summed E-state index contributed by atoms with van der Waals surface area (Å²) in [7, 11) is -3.49. The molecule has 1 amide bonds. The van der Waals surface area contributed by atoms with Crippen LogP contribution in [0.15, 0.2) is 40.6 Å². The van der Waals surface area contributed by atoms with Gasteiger partial charge in [-0.1, -0.05) is 12.1 Å². The van der Waals surface area contributed by atoms with Crippen LogP contribution in [-0.4, -0.2) is 62.9 Å². The average molecular weight is 436 g/mol. The van der Waals surface area contributed by atoms with Gasteiger partial charge in [0.1, 0.15) is 0 Å². The molecule has 2 aliphatic rings. The largest absolute Gasteiger partial charge is 0.379 e. The van der Waals surface area contributed by atoms with Crippen molar-refractivity contribution in [3.05, 3.63) is 51.7 Å². The van der Waals surface area contributed by atoms with E-state index in [0.717, 1.165) is 25.1 Å². The number of rotatable bonds is 6. The molecule has 0 spiro atoms. The summed E-state index contributed by atoms with van der Waals surface area (Å²) >= 11 is 1.79. The van der Waals surface area contributed by atoms with Crippen LogP contribution in [0.2, 0.25) is 0 Å². The van der Waals surface area contributed by atoms with Crippen LogP contribution in [0.3, 0.4) is 0 Å². The lowest BCUT2D eigenvalue weighted by Crippen LogP contribution is -2.40. The second-order valence-corrected chi connectivity index (χ2v) is 10.2. The van der Waals surface area contributed by atoms with E-state index in [0.29, 0.717) is 39.4 Å². The van der Waals surface area contributed by atoms with Gasteiger partial charge in [0.2, 0.25) is 15.9 Å². The molecule has 156 valence electrons. The lowest BCUT2D eigenvalue weighted by molar-refractivity contribution is -0.122. The van der Waals surface area contributed by atoms with Crippen LogP contribution in [-0.2, 0) is 39.1 Å². The summed E-state index contributed by atoms with van der Waals surface area (Å²) in [5.41, 5.74) is 2.20. The quantitative estimate of drug-likeness (QED) is 0.743. The minimum Gasteiger partial charge on any atom is -0.379 e. The summed E-state index contributed by atoms with van der Waals surface area (Å²) in [5, 5.41) is 5.04. The Kier molecular flexibility index (Phi) is 6.31. The molecule has 1 aromatic carbocycles. The van der Waals surface area contributed by atoms with Crippen molar-refractivity contribution in [3.63, 3.8) is 0 Å². The molecule has 1 saturated heterocycles. The zero-order chi connectivity index (χ0) is 20.3. The van der Waals surface area contributed by atoms with Crippen molar-refractivity contribution in [2.75, 3.05) is 39.4 Å². The number of hydrogen-bond donors (Lipinski definition) is 1. The van der Waals surface area contributed by atoms with Gasteiger partial charge in [0, 0.05) is 37.6 Å². The number of fused-ring (bicyclic) bond motifs is 1. The molecule has 0 saturated carbocycles. The maximum atomic E-state index is 12.6. The summed E-state index contributed by atoms with van der Waals surface area (Å²) in [6.07, 6.45) is 0.999. The molecular formula is C20H25N3O4S2. The van der Waals surface area contributed by atoms with E-state index in [1.807, 2.05) is 0 Å². The molecule has 0 atom stereocenters. The van der Waals surface area contributed by atoms with Gasteiger partial charge in [-0.25, -0.2) is 8.42 Å². The van der Waals surface area contributed by atoms with Gasteiger partial charge in [0.15, 0.2) is 0 Å². The number of morpholine rings is 1. The zero-order valence-electron chi connectivity index (χ0n) is 16.2. The number of benzene rings is 1. The SMILES string of the molecule is O=C(CN1CCc2sccc2C1)NCc1ccc(S(=O)(=O)N2CCOCC2)cc1. The molecule has 1 fully saturated rings.